The van der Waals surface area contributed by atoms with Crippen LogP contribution in [0.3, 0.4) is 0 Å². The Morgan fingerprint density at radius 1 is 1.00 bits per heavy atom. The van der Waals surface area contributed by atoms with Crippen molar-refractivity contribution in [1.82, 2.24) is 0 Å². The van der Waals surface area contributed by atoms with E-state index in [1.54, 1.807) is 12.1 Å². The van der Waals surface area contributed by atoms with Gasteiger partial charge in [-0.1, -0.05) is 36.8 Å². The highest BCUT2D eigenvalue weighted by molar-refractivity contribution is 7.92. The maximum absolute atomic E-state index is 13.2. The molecule has 31 heavy (non-hydrogen) atoms. The quantitative estimate of drug-likeness (QED) is 0.614. The van der Waals surface area contributed by atoms with Crippen LogP contribution in [0, 0.1) is 5.82 Å². The van der Waals surface area contributed by atoms with Crippen molar-refractivity contribution in [3.8, 4) is 0 Å². The number of benzene rings is 3. The Balaban J connectivity index is 1.57. The lowest BCUT2D eigenvalue weighted by Crippen LogP contribution is -2.40. The zero-order chi connectivity index (χ0) is 21.6. The third-order valence-electron chi connectivity index (χ3n) is 6.23. The highest BCUT2D eigenvalue weighted by atomic mass is 32.2. The summed E-state index contributed by atoms with van der Waals surface area (Å²) in [7, 11) is -3.90. The minimum absolute atomic E-state index is 0.0124. The van der Waals surface area contributed by atoms with Gasteiger partial charge in [-0.15, -0.1) is 0 Å². The molecule has 1 aliphatic heterocycles. The predicted molar refractivity (Wildman–Crippen MR) is 117 cm³/mol. The lowest BCUT2D eigenvalue weighted by atomic mass is 9.65. The second-order valence-corrected chi connectivity index (χ2v) is 9.85. The third-order valence-corrected chi connectivity index (χ3v) is 7.63. The number of halogens is 1. The van der Waals surface area contributed by atoms with Gasteiger partial charge in [0.2, 0.25) is 5.91 Å². The van der Waals surface area contributed by atoms with E-state index in [-0.39, 0.29) is 10.8 Å². The average Bonchev–Trinajstić information content (AvgIpc) is 3.01. The maximum atomic E-state index is 13.2. The molecule has 1 heterocycles. The molecule has 5 rings (SSSR count). The van der Waals surface area contributed by atoms with E-state index >= 15 is 0 Å². The summed E-state index contributed by atoms with van der Waals surface area (Å²) < 4.78 is 41.6. The number of amides is 1. The first kappa shape index (κ1) is 19.8. The van der Waals surface area contributed by atoms with Crippen molar-refractivity contribution in [2.75, 3.05) is 10.0 Å². The molecule has 1 aliphatic carbocycles. The molecule has 158 valence electrons. The fraction of sp³-hybridized carbons (Fsp3) is 0.208. The van der Waals surface area contributed by atoms with Crippen molar-refractivity contribution < 1.29 is 17.6 Å². The van der Waals surface area contributed by atoms with E-state index in [9.17, 15) is 17.6 Å². The molecule has 0 atom stereocenters. The Morgan fingerprint density at radius 2 is 1.71 bits per heavy atom. The first-order valence-electron chi connectivity index (χ1n) is 10.2. The first-order chi connectivity index (χ1) is 14.9. The van der Waals surface area contributed by atoms with Gasteiger partial charge in [0.15, 0.2) is 0 Å². The smallest absolute Gasteiger partial charge is 0.261 e. The van der Waals surface area contributed by atoms with Crippen molar-refractivity contribution >= 4 is 27.3 Å². The summed E-state index contributed by atoms with van der Waals surface area (Å²) in [5.41, 5.74) is 3.40. The van der Waals surface area contributed by atoms with Gasteiger partial charge in [-0.3, -0.25) is 9.52 Å². The van der Waals surface area contributed by atoms with E-state index in [1.807, 2.05) is 30.3 Å². The molecular formula is C24H21FN2O3S. The molecule has 7 heteroatoms. The first-order valence-corrected chi connectivity index (χ1v) is 11.7. The van der Waals surface area contributed by atoms with Gasteiger partial charge in [-0.2, -0.15) is 0 Å². The molecule has 1 fully saturated rings. The van der Waals surface area contributed by atoms with Crippen LogP contribution in [0.15, 0.2) is 71.6 Å². The third kappa shape index (κ3) is 3.39. The van der Waals surface area contributed by atoms with E-state index < -0.39 is 21.3 Å². The normalized spacial score (nSPS) is 16.5. The largest absolute Gasteiger partial charge is 0.325 e. The van der Waals surface area contributed by atoms with E-state index in [2.05, 4.69) is 10.0 Å². The Kier molecular flexibility index (Phi) is 4.59. The summed E-state index contributed by atoms with van der Waals surface area (Å²) in [6.45, 7) is 0. The van der Waals surface area contributed by atoms with Crippen LogP contribution in [0.4, 0.5) is 15.8 Å². The lowest BCUT2D eigenvalue weighted by Gasteiger charge is -2.36. The van der Waals surface area contributed by atoms with Crippen molar-refractivity contribution in [3.63, 3.8) is 0 Å². The molecule has 1 spiro atoms. The molecule has 0 saturated heterocycles. The van der Waals surface area contributed by atoms with Gasteiger partial charge in [0.25, 0.3) is 10.0 Å². The second kappa shape index (κ2) is 7.20. The van der Waals surface area contributed by atoms with Gasteiger partial charge in [0.1, 0.15) is 5.82 Å². The lowest BCUT2D eigenvalue weighted by molar-refractivity contribution is -0.123. The SMILES string of the molecule is O=C1Nc2c(Cc3ccccc3)cc(NS(=O)(=O)c3ccc(F)cc3)cc2C12CCC2. The molecule has 5 nitrogen and oxygen atoms in total. The van der Waals surface area contributed by atoms with Crippen LogP contribution in [0.25, 0.3) is 0 Å². The Bertz CT molecular complexity index is 1270. The summed E-state index contributed by atoms with van der Waals surface area (Å²) in [4.78, 5) is 12.8. The molecule has 3 aromatic rings. The summed E-state index contributed by atoms with van der Waals surface area (Å²) >= 11 is 0. The number of carbonyl (C=O) groups is 1. The van der Waals surface area contributed by atoms with Crippen molar-refractivity contribution in [2.24, 2.45) is 0 Å². The van der Waals surface area contributed by atoms with E-state index in [0.717, 1.165) is 53.8 Å². The number of hydrogen-bond acceptors (Lipinski definition) is 3. The Hall–Kier alpha value is -3.19. The second-order valence-electron chi connectivity index (χ2n) is 8.17. The summed E-state index contributed by atoms with van der Waals surface area (Å²) in [5, 5.41) is 3.05. The van der Waals surface area contributed by atoms with Crippen LogP contribution in [0.5, 0.6) is 0 Å². The van der Waals surface area contributed by atoms with Crippen LogP contribution < -0.4 is 10.0 Å². The molecular weight excluding hydrogens is 415 g/mol. The van der Waals surface area contributed by atoms with Crippen LogP contribution in [0.1, 0.15) is 36.0 Å². The molecule has 0 bridgehead atoms. The van der Waals surface area contributed by atoms with Crippen LogP contribution in [-0.2, 0) is 26.7 Å². The molecule has 0 aromatic heterocycles. The minimum atomic E-state index is -3.90. The number of anilines is 2. The summed E-state index contributed by atoms with van der Waals surface area (Å²) in [6.07, 6.45) is 3.04. The van der Waals surface area contributed by atoms with Gasteiger partial charge in [-0.25, -0.2) is 12.8 Å². The number of sulfonamides is 1. The number of hydrogen-bond donors (Lipinski definition) is 2. The van der Waals surface area contributed by atoms with Crippen molar-refractivity contribution in [1.29, 1.82) is 0 Å². The number of rotatable bonds is 5. The number of nitrogens with one attached hydrogen (secondary N) is 2. The van der Waals surface area contributed by atoms with Crippen LogP contribution in [-0.4, -0.2) is 14.3 Å². The number of fused-ring (bicyclic) bond motifs is 2. The Labute approximate surface area is 180 Å². The zero-order valence-corrected chi connectivity index (χ0v) is 17.5. The van der Waals surface area contributed by atoms with E-state index in [1.165, 1.54) is 12.1 Å². The number of carbonyl (C=O) groups excluding carboxylic acids is 1. The molecule has 1 saturated carbocycles. The zero-order valence-electron chi connectivity index (χ0n) is 16.7. The predicted octanol–water partition coefficient (Wildman–Crippen LogP) is 4.59. The average molecular weight is 437 g/mol. The Morgan fingerprint density at radius 3 is 2.35 bits per heavy atom. The van der Waals surface area contributed by atoms with Gasteiger partial charge in [0.05, 0.1) is 10.3 Å². The summed E-state index contributed by atoms with van der Waals surface area (Å²) in [5.74, 6) is -0.514. The van der Waals surface area contributed by atoms with Crippen molar-refractivity contribution in [3.05, 3.63) is 89.2 Å². The monoisotopic (exact) mass is 436 g/mol. The maximum Gasteiger partial charge on any atom is 0.261 e. The molecule has 2 N–H and O–H groups in total. The molecule has 3 aromatic carbocycles. The van der Waals surface area contributed by atoms with Crippen LogP contribution >= 0.6 is 0 Å². The minimum Gasteiger partial charge on any atom is -0.325 e. The molecule has 0 radical (unpaired) electrons. The van der Waals surface area contributed by atoms with E-state index in [0.29, 0.717) is 12.1 Å². The van der Waals surface area contributed by atoms with Crippen LogP contribution in [0.2, 0.25) is 0 Å². The molecule has 0 unspecified atom stereocenters. The van der Waals surface area contributed by atoms with Gasteiger partial charge in [-0.05, 0) is 72.4 Å². The fourth-order valence-corrected chi connectivity index (χ4v) is 5.49. The highest BCUT2D eigenvalue weighted by Gasteiger charge is 2.51. The topological polar surface area (TPSA) is 75.3 Å². The standard InChI is InChI=1S/C24H21FN2O3S/c25-18-7-9-20(10-8-18)31(29,30)27-19-14-17(13-16-5-2-1-3-6-16)22-21(15-19)24(11-4-12-24)23(28)26-22/h1-3,5-10,14-15,27H,4,11-13H2,(H,26,28). The van der Waals surface area contributed by atoms with E-state index in [4.69, 9.17) is 0 Å². The van der Waals surface area contributed by atoms with Gasteiger partial charge < -0.3 is 5.32 Å². The van der Waals surface area contributed by atoms with Crippen molar-refractivity contribution in [2.45, 2.75) is 36.0 Å². The molecule has 1 amide bonds. The fourth-order valence-electron chi connectivity index (χ4n) is 4.45. The van der Waals surface area contributed by atoms with Gasteiger partial charge in [0, 0.05) is 11.4 Å². The summed E-state index contributed by atoms with van der Waals surface area (Å²) in [6, 6.07) is 18.1. The van der Waals surface area contributed by atoms with Gasteiger partial charge >= 0.3 is 0 Å². The highest BCUT2D eigenvalue weighted by Crippen LogP contribution is 2.53. The molecule has 2 aliphatic rings.